The van der Waals surface area contributed by atoms with E-state index in [1.54, 1.807) is 36.9 Å². The number of aromatic nitrogens is 2. The lowest BCUT2D eigenvalue weighted by molar-refractivity contribution is 0.272. The standard InChI is InChI=1S/C14H19N3O3S/c1-3-17(9-12-6-4-5-7-15-12)21(19,20)14-8-13(11-18)16(2)10-14/h4-8,10,18H,3,9,11H2,1-2H3. The SMILES string of the molecule is CCN(Cc1ccccn1)S(=O)(=O)c1cc(CO)n(C)c1. The van der Waals surface area contributed by atoms with Crippen LogP contribution in [0.2, 0.25) is 0 Å². The van der Waals surface area contributed by atoms with Crippen LogP contribution < -0.4 is 0 Å². The van der Waals surface area contributed by atoms with Crippen molar-refractivity contribution in [1.82, 2.24) is 13.9 Å². The minimum absolute atomic E-state index is 0.187. The molecule has 6 nitrogen and oxygen atoms in total. The van der Waals surface area contributed by atoms with Gasteiger partial charge < -0.3 is 9.67 Å². The van der Waals surface area contributed by atoms with E-state index in [4.69, 9.17) is 0 Å². The van der Waals surface area contributed by atoms with Gasteiger partial charge in [-0.05, 0) is 18.2 Å². The fourth-order valence-corrected chi connectivity index (χ4v) is 3.58. The number of rotatable bonds is 6. The molecule has 0 saturated heterocycles. The molecular weight excluding hydrogens is 290 g/mol. The Balaban J connectivity index is 2.31. The summed E-state index contributed by atoms with van der Waals surface area (Å²) in [5, 5.41) is 9.19. The molecule has 0 spiro atoms. The Labute approximate surface area is 124 Å². The maximum absolute atomic E-state index is 12.7. The molecule has 0 aliphatic rings. The van der Waals surface area contributed by atoms with Gasteiger partial charge in [-0.1, -0.05) is 13.0 Å². The van der Waals surface area contributed by atoms with E-state index in [0.717, 1.165) is 0 Å². The zero-order valence-corrected chi connectivity index (χ0v) is 12.9. The Morgan fingerprint density at radius 2 is 2.14 bits per heavy atom. The lowest BCUT2D eigenvalue weighted by Gasteiger charge is -2.19. The van der Waals surface area contributed by atoms with Crippen LogP contribution in [0.5, 0.6) is 0 Å². The van der Waals surface area contributed by atoms with Gasteiger partial charge in [0.25, 0.3) is 0 Å². The van der Waals surface area contributed by atoms with Crippen molar-refractivity contribution in [2.75, 3.05) is 6.54 Å². The average molecular weight is 309 g/mol. The molecule has 0 aliphatic carbocycles. The van der Waals surface area contributed by atoms with E-state index in [2.05, 4.69) is 4.98 Å². The number of pyridine rings is 1. The van der Waals surface area contributed by atoms with Crippen molar-refractivity contribution in [2.24, 2.45) is 7.05 Å². The molecule has 0 atom stereocenters. The van der Waals surface area contributed by atoms with Crippen molar-refractivity contribution in [3.8, 4) is 0 Å². The molecule has 2 aromatic heterocycles. The highest BCUT2D eigenvalue weighted by atomic mass is 32.2. The summed E-state index contributed by atoms with van der Waals surface area (Å²) in [6, 6.07) is 6.91. The summed E-state index contributed by atoms with van der Waals surface area (Å²) in [6.45, 7) is 2.17. The van der Waals surface area contributed by atoms with E-state index >= 15 is 0 Å². The van der Waals surface area contributed by atoms with Crippen LogP contribution in [0.4, 0.5) is 0 Å². The number of aryl methyl sites for hydroxylation is 1. The molecule has 1 N–H and O–H groups in total. The monoisotopic (exact) mass is 309 g/mol. The molecule has 0 bridgehead atoms. The lowest BCUT2D eigenvalue weighted by atomic mass is 10.3. The van der Waals surface area contributed by atoms with E-state index in [9.17, 15) is 13.5 Å². The van der Waals surface area contributed by atoms with Gasteiger partial charge in [0.1, 0.15) is 4.90 Å². The highest BCUT2D eigenvalue weighted by Crippen LogP contribution is 2.20. The minimum atomic E-state index is -3.60. The van der Waals surface area contributed by atoms with Gasteiger partial charge in [0, 0.05) is 31.7 Å². The summed E-state index contributed by atoms with van der Waals surface area (Å²) in [6.07, 6.45) is 3.16. The van der Waals surface area contributed by atoms with Crippen molar-refractivity contribution in [3.05, 3.63) is 48.0 Å². The average Bonchev–Trinajstić information content (AvgIpc) is 2.87. The Hall–Kier alpha value is -1.70. The molecule has 0 aromatic carbocycles. The maximum Gasteiger partial charge on any atom is 0.244 e. The Kier molecular flexibility index (Phi) is 4.76. The van der Waals surface area contributed by atoms with Crippen molar-refractivity contribution >= 4 is 10.0 Å². The van der Waals surface area contributed by atoms with Crippen LogP contribution >= 0.6 is 0 Å². The first-order valence-corrected chi connectivity index (χ1v) is 8.09. The zero-order chi connectivity index (χ0) is 15.5. The summed E-state index contributed by atoms with van der Waals surface area (Å²) >= 11 is 0. The van der Waals surface area contributed by atoms with Crippen LogP contribution in [0, 0.1) is 0 Å². The van der Waals surface area contributed by atoms with Gasteiger partial charge in [0.2, 0.25) is 10.0 Å². The molecule has 0 fully saturated rings. The summed E-state index contributed by atoms with van der Waals surface area (Å²) in [5.74, 6) is 0. The topological polar surface area (TPSA) is 75.4 Å². The summed E-state index contributed by atoms with van der Waals surface area (Å²) in [7, 11) is -1.89. The van der Waals surface area contributed by atoms with Gasteiger partial charge in [0.05, 0.1) is 18.8 Å². The molecule has 0 saturated carbocycles. The molecule has 2 aromatic rings. The summed E-state index contributed by atoms with van der Waals surface area (Å²) in [4.78, 5) is 4.35. The Morgan fingerprint density at radius 1 is 1.38 bits per heavy atom. The molecule has 0 aliphatic heterocycles. The lowest BCUT2D eigenvalue weighted by Crippen LogP contribution is -2.30. The predicted octanol–water partition coefficient (Wildman–Crippen LogP) is 1.12. The number of sulfonamides is 1. The predicted molar refractivity (Wildman–Crippen MR) is 78.8 cm³/mol. The second-order valence-electron chi connectivity index (χ2n) is 4.69. The van der Waals surface area contributed by atoms with E-state index in [-0.39, 0.29) is 18.0 Å². The molecule has 21 heavy (non-hydrogen) atoms. The fraction of sp³-hybridized carbons (Fsp3) is 0.357. The molecule has 2 rings (SSSR count). The van der Waals surface area contributed by atoms with Gasteiger partial charge in [-0.2, -0.15) is 4.31 Å². The number of hydrogen-bond donors (Lipinski definition) is 1. The molecule has 0 unspecified atom stereocenters. The van der Waals surface area contributed by atoms with Crippen molar-refractivity contribution < 1.29 is 13.5 Å². The maximum atomic E-state index is 12.7. The third kappa shape index (κ3) is 3.31. The van der Waals surface area contributed by atoms with Crippen LogP contribution in [0.3, 0.4) is 0 Å². The summed E-state index contributed by atoms with van der Waals surface area (Å²) in [5.41, 5.74) is 1.25. The molecule has 0 amide bonds. The van der Waals surface area contributed by atoms with Gasteiger partial charge in [0.15, 0.2) is 0 Å². The van der Waals surface area contributed by atoms with Crippen LogP contribution in [0.1, 0.15) is 18.3 Å². The zero-order valence-electron chi connectivity index (χ0n) is 12.1. The highest BCUT2D eigenvalue weighted by Gasteiger charge is 2.25. The van der Waals surface area contributed by atoms with E-state index in [1.807, 2.05) is 6.07 Å². The van der Waals surface area contributed by atoms with Crippen molar-refractivity contribution in [2.45, 2.75) is 25.0 Å². The van der Waals surface area contributed by atoms with Gasteiger partial charge in [-0.15, -0.1) is 0 Å². The van der Waals surface area contributed by atoms with Crippen molar-refractivity contribution in [3.63, 3.8) is 0 Å². The number of aliphatic hydroxyl groups excluding tert-OH is 1. The molecule has 114 valence electrons. The van der Waals surface area contributed by atoms with E-state index < -0.39 is 10.0 Å². The van der Waals surface area contributed by atoms with Crippen LogP contribution in [0.25, 0.3) is 0 Å². The largest absolute Gasteiger partial charge is 0.390 e. The van der Waals surface area contributed by atoms with Gasteiger partial charge >= 0.3 is 0 Å². The van der Waals surface area contributed by atoms with E-state index in [0.29, 0.717) is 17.9 Å². The van der Waals surface area contributed by atoms with Crippen LogP contribution in [0.15, 0.2) is 41.6 Å². The number of aliphatic hydroxyl groups is 1. The third-order valence-corrected chi connectivity index (χ3v) is 5.19. The van der Waals surface area contributed by atoms with Crippen LogP contribution in [-0.4, -0.2) is 33.9 Å². The van der Waals surface area contributed by atoms with Gasteiger partial charge in [-0.25, -0.2) is 8.42 Å². The van der Waals surface area contributed by atoms with E-state index in [1.165, 1.54) is 16.6 Å². The number of nitrogens with zero attached hydrogens (tertiary/aromatic N) is 3. The minimum Gasteiger partial charge on any atom is -0.390 e. The highest BCUT2D eigenvalue weighted by molar-refractivity contribution is 7.89. The quantitative estimate of drug-likeness (QED) is 0.868. The van der Waals surface area contributed by atoms with Crippen molar-refractivity contribution in [1.29, 1.82) is 0 Å². The number of hydrogen-bond acceptors (Lipinski definition) is 4. The Bertz CT molecular complexity index is 696. The normalized spacial score (nSPS) is 12.0. The van der Waals surface area contributed by atoms with Crippen LogP contribution in [-0.2, 0) is 30.2 Å². The van der Waals surface area contributed by atoms with Gasteiger partial charge in [-0.3, -0.25) is 4.98 Å². The summed E-state index contributed by atoms with van der Waals surface area (Å²) < 4.78 is 28.3. The smallest absolute Gasteiger partial charge is 0.244 e. The first-order chi connectivity index (χ1) is 9.98. The fourth-order valence-electron chi connectivity index (χ4n) is 2.06. The third-order valence-electron chi connectivity index (χ3n) is 3.30. The molecule has 0 radical (unpaired) electrons. The second-order valence-corrected chi connectivity index (χ2v) is 6.63. The first-order valence-electron chi connectivity index (χ1n) is 6.65. The molecule has 2 heterocycles. The second kappa shape index (κ2) is 6.38. The Morgan fingerprint density at radius 3 is 2.67 bits per heavy atom. The molecule has 7 heteroatoms. The first kappa shape index (κ1) is 15.7. The molecular formula is C14H19N3O3S.